The Labute approximate surface area is 86.8 Å². The van der Waals surface area contributed by atoms with Crippen LogP contribution in [0, 0.1) is 0 Å². The summed E-state index contributed by atoms with van der Waals surface area (Å²) in [5, 5.41) is 0. The Kier molecular flexibility index (Phi) is 8.35. The van der Waals surface area contributed by atoms with Gasteiger partial charge in [0.05, 0.1) is 11.1 Å². The highest BCUT2D eigenvalue weighted by Gasteiger charge is 2.02. The van der Waals surface area contributed by atoms with Gasteiger partial charge in [-0.25, -0.2) is 0 Å². The van der Waals surface area contributed by atoms with Crippen LogP contribution in [0.25, 0.3) is 0 Å². The number of hydrogen-bond donors (Lipinski definition) is 1. The molecule has 3 heteroatoms. The maximum absolute atomic E-state index is 5.53. The fraction of sp³-hybridized carbons (Fsp3) is 0.900. The van der Waals surface area contributed by atoms with Gasteiger partial charge in [0.2, 0.25) is 0 Å². The molecule has 0 aliphatic carbocycles. The van der Waals surface area contributed by atoms with Crippen molar-refractivity contribution in [2.45, 2.75) is 52.1 Å². The quantitative estimate of drug-likeness (QED) is 0.486. The zero-order valence-electron chi connectivity index (χ0n) is 8.71. The smallest absolute Gasteiger partial charge is 0.0753 e. The molecule has 1 unspecified atom stereocenters. The van der Waals surface area contributed by atoms with E-state index in [0.717, 1.165) is 13.0 Å². The second-order valence-electron chi connectivity index (χ2n) is 3.41. The monoisotopic (exact) mass is 203 g/mol. The fourth-order valence-electron chi connectivity index (χ4n) is 1.16. The number of thiocarbonyl (C=S) groups is 1. The Balaban J connectivity index is 3.17. The van der Waals surface area contributed by atoms with E-state index < -0.39 is 0 Å². The van der Waals surface area contributed by atoms with Crippen LogP contribution in [0.3, 0.4) is 0 Å². The van der Waals surface area contributed by atoms with E-state index in [1.165, 1.54) is 19.3 Å². The van der Waals surface area contributed by atoms with E-state index in [2.05, 4.69) is 6.92 Å². The molecule has 13 heavy (non-hydrogen) atoms. The number of ether oxygens (including phenoxy) is 1. The zero-order chi connectivity index (χ0) is 10.1. The van der Waals surface area contributed by atoms with Gasteiger partial charge in [-0.2, -0.15) is 0 Å². The summed E-state index contributed by atoms with van der Waals surface area (Å²) in [6.45, 7) is 5.05. The largest absolute Gasteiger partial charge is 0.393 e. The van der Waals surface area contributed by atoms with E-state index in [1.54, 1.807) is 0 Å². The van der Waals surface area contributed by atoms with Crippen molar-refractivity contribution in [2.75, 3.05) is 6.61 Å². The Morgan fingerprint density at radius 2 is 2.08 bits per heavy atom. The minimum absolute atomic E-state index is 0.180. The topological polar surface area (TPSA) is 35.2 Å². The third-order valence-electron chi connectivity index (χ3n) is 1.89. The highest BCUT2D eigenvalue weighted by atomic mass is 32.1. The first-order valence-electron chi connectivity index (χ1n) is 5.06. The van der Waals surface area contributed by atoms with Crippen LogP contribution in [-0.2, 0) is 4.74 Å². The van der Waals surface area contributed by atoms with Gasteiger partial charge in [0.15, 0.2) is 0 Å². The SMILES string of the molecule is CCCCCCOC(C)CC(N)=S. The van der Waals surface area contributed by atoms with E-state index >= 15 is 0 Å². The van der Waals surface area contributed by atoms with Gasteiger partial charge in [0, 0.05) is 13.0 Å². The molecule has 0 saturated heterocycles. The van der Waals surface area contributed by atoms with Crippen LogP contribution in [0.1, 0.15) is 46.0 Å². The van der Waals surface area contributed by atoms with E-state index in [4.69, 9.17) is 22.7 Å². The lowest BCUT2D eigenvalue weighted by atomic mass is 10.2. The summed E-state index contributed by atoms with van der Waals surface area (Å²) in [4.78, 5) is 0.543. The normalized spacial score (nSPS) is 12.8. The minimum Gasteiger partial charge on any atom is -0.393 e. The average Bonchev–Trinajstić information content (AvgIpc) is 2.02. The first-order valence-corrected chi connectivity index (χ1v) is 5.47. The first-order chi connectivity index (χ1) is 6.16. The lowest BCUT2D eigenvalue weighted by molar-refractivity contribution is 0.0683. The van der Waals surface area contributed by atoms with Crippen LogP contribution in [0.2, 0.25) is 0 Å². The third kappa shape index (κ3) is 9.77. The summed E-state index contributed by atoms with van der Waals surface area (Å²) in [6.07, 6.45) is 5.85. The molecule has 2 nitrogen and oxygen atoms in total. The molecule has 0 bridgehead atoms. The standard InChI is InChI=1S/C10H21NOS/c1-3-4-5-6-7-12-9(2)8-10(11)13/h9H,3-8H2,1-2H3,(H2,11,13). The predicted molar refractivity (Wildman–Crippen MR) is 61.0 cm³/mol. The van der Waals surface area contributed by atoms with Gasteiger partial charge in [-0.15, -0.1) is 0 Å². The summed E-state index contributed by atoms with van der Waals surface area (Å²) >= 11 is 4.79. The van der Waals surface area contributed by atoms with Crippen molar-refractivity contribution in [1.29, 1.82) is 0 Å². The van der Waals surface area contributed by atoms with Gasteiger partial charge in [-0.1, -0.05) is 38.4 Å². The van der Waals surface area contributed by atoms with Crippen molar-refractivity contribution in [3.8, 4) is 0 Å². The molecule has 0 rings (SSSR count). The van der Waals surface area contributed by atoms with Crippen LogP contribution in [-0.4, -0.2) is 17.7 Å². The molecule has 0 aromatic heterocycles. The van der Waals surface area contributed by atoms with Crippen molar-refractivity contribution < 1.29 is 4.74 Å². The minimum atomic E-state index is 0.180. The molecule has 0 saturated carbocycles. The van der Waals surface area contributed by atoms with E-state index in [1.807, 2.05) is 6.92 Å². The van der Waals surface area contributed by atoms with Gasteiger partial charge in [-0.3, -0.25) is 0 Å². The molecule has 0 spiro atoms. The molecule has 0 aliphatic rings. The summed E-state index contributed by atoms with van der Waals surface area (Å²) in [5.74, 6) is 0. The van der Waals surface area contributed by atoms with Crippen molar-refractivity contribution in [3.05, 3.63) is 0 Å². The molecule has 2 N–H and O–H groups in total. The van der Waals surface area contributed by atoms with Crippen molar-refractivity contribution in [3.63, 3.8) is 0 Å². The second kappa shape index (κ2) is 8.45. The Hall–Kier alpha value is -0.150. The Morgan fingerprint density at radius 1 is 1.38 bits per heavy atom. The van der Waals surface area contributed by atoms with Crippen LogP contribution in [0.15, 0.2) is 0 Å². The van der Waals surface area contributed by atoms with Crippen molar-refractivity contribution in [1.82, 2.24) is 0 Å². The molecular weight excluding hydrogens is 182 g/mol. The van der Waals surface area contributed by atoms with Gasteiger partial charge >= 0.3 is 0 Å². The predicted octanol–water partition coefficient (Wildman–Crippen LogP) is 2.65. The lowest BCUT2D eigenvalue weighted by Gasteiger charge is -2.11. The van der Waals surface area contributed by atoms with Crippen LogP contribution >= 0.6 is 12.2 Å². The number of hydrogen-bond acceptors (Lipinski definition) is 2. The molecule has 0 heterocycles. The van der Waals surface area contributed by atoms with Crippen LogP contribution < -0.4 is 5.73 Å². The van der Waals surface area contributed by atoms with Gasteiger partial charge in [0.1, 0.15) is 0 Å². The van der Waals surface area contributed by atoms with Crippen LogP contribution in [0.5, 0.6) is 0 Å². The average molecular weight is 203 g/mol. The lowest BCUT2D eigenvalue weighted by Crippen LogP contribution is -2.18. The number of unbranched alkanes of at least 4 members (excludes halogenated alkanes) is 3. The number of nitrogens with two attached hydrogens (primary N) is 1. The zero-order valence-corrected chi connectivity index (χ0v) is 9.53. The van der Waals surface area contributed by atoms with Crippen molar-refractivity contribution in [2.24, 2.45) is 5.73 Å². The van der Waals surface area contributed by atoms with E-state index in [9.17, 15) is 0 Å². The summed E-state index contributed by atoms with van der Waals surface area (Å²) in [7, 11) is 0. The summed E-state index contributed by atoms with van der Waals surface area (Å²) in [6, 6.07) is 0. The molecule has 0 amide bonds. The number of rotatable bonds is 8. The van der Waals surface area contributed by atoms with E-state index in [-0.39, 0.29) is 6.10 Å². The molecule has 0 fully saturated rings. The third-order valence-corrected chi connectivity index (χ3v) is 2.06. The molecule has 0 aromatic carbocycles. The second-order valence-corrected chi connectivity index (χ2v) is 3.94. The summed E-state index contributed by atoms with van der Waals surface area (Å²) < 4.78 is 5.53. The highest BCUT2D eigenvalue weighted by molar-refractivity contribution is 7.80. The maximum atomic E-state index is 5.53. The highest BCUT2D eigenvalue weighted by Crippen LogP contribution is 2.02. The van der Waals surface area contributed by atoms with Gasteiger partial charge in [-0.05, 0) is 13.3 Å². The first kappa shape index (κ1) is 12.8. The van der Waals surface area contributed by atoms with E-state index in [0.29, 0.717) is 11.4 Å². The summed E-state index contributed by atoms with van der Waals surface area (Å²) in [5.41, 5.74) is 5.40. The van der Waals surface area contributed by atoms with Gasteiger partial charge in [0.25, 0.3) is 0 Å². The Morgan fingerprint density at radius 3 is 2.62 bits per heavy atom. The molecule has 78 valence electrons. The van der Waals surface area contributed by atoms with Crippen LogP contribution in [0.4, 0.5) is 0 Å². The Bertz CT molecular complexity index is 139. The fourth-order valence-corrected chi connectivity index (χ4v) is 1.39. The molecule has 0 aromatic rings. The molecule has 0 aliphatic heterocycles. The molecule has 0 radical (unpaired) electrons. The maximum Gasteiger partial charge on any atom is 0.0753 e. The van der Waals surface area contributed by atoms with Crippen molar-refractivity contribution >= 4 is 17.2 Å². The van der Waals surface area contributed by atoms with Gasteiger partial charge < -0.3 is 10.5 Å². The molecule has 1 atom stereocenters. The molecular formula is C10H21NOS.